The smallest absolute Gasteiger partial charge is 0.319 e. The quantitative estimate of drug-likeness (QED) is 0.282. The zero-order valence-electron chi connectivity index (χ0n) is 7.43. The van der Waals surface area contributed by atoms with Gasteiger partial charge in [0.2, 0.25) is 0 Å². The number of carboxylic acids is 2. The first-order valence-corrected chi connectivity index (χ1v) is 2.72. The molecule has 0 aliphatic heterocycles. The predicted molar refractivity (Wildman–Crippen MR) is 49.3 cm³/mol. The Bertz CT molecular complexity index is 129. The van der Waals surface area contributed by atoms with E-state index in [4.69, 9.17) is 20.6 Å². The molecule has 15 heavy (non-hydrogen) atoms. The number of rotatable bonds is 4. The minimum atomic E-state index is -1.07. The molecule has 0 aromatic carbocycles. The van der Waals surface area contributed by atoms with Gasteiger partial charge >= 0.3 is 11.9 Å². The molecule has 0 aromatic rings. The number of hydroxylamine groups is 2. The normalized spacial score (nSPS) is 6.53. The van der Waals surface area contributed by atoms with E-state index in [1.165, 1.54) is 11.0 Å². The van der Waals surface area contributed by atoms with Crippen molar-refractivity contribution in [3.05, 3.63) is 0 Å². The summed E-state index contributed by atoms with van der Waals surface area (Å²) < 4.78 is 0. The molecule has 10 nitrogen and oxygen atoms in total. The lowest BCUT2D eigenvalue weighted by Crippen LogP contribution is -2.17. The summed E-state index contributed by atoms with van der Waals surface area (Å²) in [7, 11) is 0. The van der Waals surface area contributed by atoms with E-state index in [1.54, 1.807) is 0 Å². The topological polar surface area (TPSA) is 202 Å². The summed E-state index contributed by atoms with van der Waals surface area (Å²) in [6.45, 7) is -0.806. The van der Waals surface area contributed by atoms with Gasteiger partial charge in [-0.25, -0.2) is 0 Å². The van der Waals surface area contributed by atoms with Crippen LogP contribution < -0.4 is 11.0 Å². The lowest BCUT2D eigenvalue weighted by atomic mass is 10.7. The van der Waals surface area contributed by atoms with Crippen LogP contribution in [0.2, 0.25) is 0 Å². The third-order valence-electron chi connectivity index (χ3n) is 0.461. The van der Waals surface area contributed by atoms with Crippen molar-refractivity contribution in [2.24, 2.45) is 0 Å². The molecule has 0 aromatic heterocycles. The number of hydrogen-bond acceptors (Lipinski definition) is 6. The molecule has 10 N–H and O–H groups in total. The average molecular weight is 255 g/mol. The standard InChI is InChI=1S/2C2H5NO3.ClH.2H2O/c2*4-2(5)1-3-6;;;/h2*3,6H,1H2,(H,4,5);1H;2*1H2. The van der Waals surface area contributed by atoms with Gasteiger partial charge in [0.25, 0.3) is 0 Å². The van der Waals surface area contributed by atoms with Crippen molar-refractivity contribution in [3.63, 3.8) is 0 Å². The number of aliphatic carboxylic acids is 2. The van der Waals surface area contributed by atoms with Crippen molar-refractivity contribution in [2.45, 2.75) is 0 Å². The molecule has 0 rings (SSSR count). The molecule has 0 bridgehead atoms. The number of hydrogen-bond donors (Lipinski definition) is 6. The SMILES string of the molecule is Cl.O.O.O=C(O)CNO.O=C(O)CNO. The summed E-state index contributed by atoms with van der Waals surface area (Å²) in [5, 5.41) is 30.6. The molecule has 0 unspecified atom stereocenters. The molecule has 0 radical (unpaired) electrons. The second-order valence-corrected chi connectivity index (χ2v) is 1.46. The molecule has 0 saturated carbocycles. The Balaban J connectivity index is -0.0000000370. The van der Waals surface area contributed by atoms with Crippen LogP contribution in [-0.2, 0) is 9.59 Å². The summed E-state index contributed by atoms with van der Waals surface area (Å²) >= 11 is 0. The van der Waals surface area contributed by atoms with Crippen LogP contribution in [0, 0.1) is 0 Å². The van der Waals surface area contributed by atoms with Gasteiger partial charge in [-0.1, -0.05) is 0 Å². The zero-order valence-corrected chi connectivity index (χ0v) is 8.24. The van der Waals surface area contributed by atoms with Gasteiger partial charge in [-0.15, -0.1) is 12.4 Å². The van der Waals surface area contributed by atoms with E-state index in [0.717, 1.165) is 0 Å². The molecule has 0 fully saturated rings. The first-order valence-electron chi connectivity index (χ1n) is 2.72. The second kappa shape index (κ2) is 23.1. The highest BCUT2D eigenvalue weighted by Crippen LogP contribution is 1.51. The summed E-state index contributed by atoms with van der Waals surface area (Å²) in [6, 6.07) is 0. The molecule has 0 atom stereocenters. The van der Waals surface area contributed by atoms with E-state index in [0.29, 0.717) is 0 Å². The summed E-state index contributed by atoms with van der Waals surface area (Å²) in [5.74, 6) is -2.14. The summed E-state index contributed by atoms with van der Waals surface area (Å²) in [6.07, 6.45) is 0. The fourth-order valence-corrected chi connectivity index (χ4v) is 0.135. The number of nitrogens with one attached hydrogen (secondary N) is 2. The van der Waals surface area contributed by atoms with Gasteiger partial charge in [0.05, 0.1) is 0 Å². The molecule has 0 heterocycles. The van der Waals surface area contributed by atoms with Gasteiger partial charge in [0.1, 0.15) is 13.1 Å². The van der Waals surface area contributed by atoms with Crippen molar-refractivity contribution in [3.8, 4) is 0 Å². The highest BCUT2D eigenvalue weighted by atomic mass is 35.5. The third kappa shape index (κ3) is 63.0. The highest BCUT2D eigenvalue weighted by molar-refractivity contribution is 5.85. The average Bonchev–Trinajstić information content (AvgIpc) is 1.87. The Morgan fingerprint density at radius 2 is 1.07 bits per heavy atom. The van der Waals surface area contributed by atoms with Gasteiger partial charge < -0.3 is 31.6 Å². The first-order chi connectivity index (χ1) is 5.54. The monoisotopic (exact) mass is 254 g/mol. The first kappa shape index (κ1) is 29.2. The van der Waals surface area contributed by atoms with Gasteiger partial charge in [0, 0.05) is 0 Å². The van der Waals surface area contributed by atoms with Gasteiger partial charge in [-0.2, -0.15) is 11.0 Å². The Morgan fingerprint density at radius 3 is 1.07 bits per heavy atom. The van der Waals surface area contributed by atoms with Crippen LogP contribution in [-0.4, -0.2) is 56.6 Å². The Hall–Kier alpha value is -1.01. The Labute approximate surface area is 90.5 Å². The minimum Gasteiger partial charge on any atom is -0.480 e. The van der Waals surface area contributed by atoms with Crippen molar-refractivity contribution >= 4 is 24.3 Å². The van der Waals surface area contributed by atoms with Crippen LogP contribution in [0.4, 0.5) is 0 Å². The number of carboxylic acid groups (broad SMARTS) is 2. The number of carbonyl (C=O) groups is 2. The lowest BCUT2D eigenvalue weighted by Gasteiger charge is -1.83. The van der Waals surface area contributed by atoms with E-state index in [9.17, 15) is 9.59 Å². The van der Waals surface area contributed by atoms with Crippen molar-refractivity contribution in [1.82, 2.24) is 11.0 Å². The van der Waals surface area contributed by atoms with Gasteiger partial charge in [-0.3, -0.25) is 9.59 Å². The maximum Gasteiger partial charge on any atom is 0.319 e. The predicted octanol–water partition coefficient (Wildman–Crippen LogP) is -3.13. The summed E-state index contributed by atoms with van der Waals surface area (Å²) in [4.78, 5) is 18.8. The molecule has 96 valence electrons. The van der Waals surface area contributed by atoms with E-state index >= 15 is 0 Å². The molecule has 0 aliphatic carbocycles. The van der Waals surface area contributed by atoms with Crippen molar-refractivity contribution in [2.75, 3.05) is 13.1 Å². The van der Waals surface area contributed by atoms with Crippen LogP contribution in [0.5, 0.6) is 0 Å². The van der Waals surface area contributed by atoms with Crippen LogP contribution in [0.1, 0.15) is 0 Å². The largest absolute Gasteiger partial charge is 0.480 e. The minimum absolute atomic E-state index is 0. The van der Waals surface area contributed by atoms with Crippen molar-refractivity contribution < 1.29 is 41.2 Å². The fraction of sp³-hybridized carbons (Fsp3) is 0.500. The maximum atomic E-state index is 9.38. The fourth-order valence-electron chi connectivity index (χ4n) is 0.135. The molecular weight excluding hydrogens is 240 g/mol. The molecule has 0 amide bonds. The Morgan fingerprint density at radius 1 is 0.867 bits per heavy atom. The van der Waals surface area contributed by atoms with Crippen LogP contribution in [0.3, 0.4) is 0 Å². The molecule has 0 saturated heterocycles. The molecular formula is C4H15ClN2O8. The van der Waals surface area contributed by atoms with Gasteiger partial charge in [-0.05, 0) is 0 Å². The van der Waals surface area contributed by atoms with E-state index in [-0.39, 0.29) is 23.4 Å². The summed E-state index contributed by atoms with van der Waals surface area (Å²) in [5.41, 5.74) is 2.94. The van der Waals surface area contributed by atoms with E-state index in [2.05, 4.69) is 0 Å². The third-order valence-corrected chi connectivity index (χ3v) is 0.461. The van der Waals surface area contributed by atoms with Gasteiger partial charge in [0.15, 0.2) is 0 Å². The zero-order chi connectivity index (χ0) is 9.98. The second-order valence-electron chi connectivity index (χ2n) is 1.46. The van der Waals surface area contributed by atoms with E-state index < -0.39 is 25.0 Å². The van der Waals surface area contributed by atoms with E-state index in [1.807, 2.05) is 0 Å². The maximum absolute atomic E-state index is 9.38. The highest BCUT2D eigenvalue weighted by Gasteiger charge is 1.88. The molecule has 11 heteroatoms. The number of halogens is 1. The van der Waals surface area contributed by atoms with Crippen molar-refractivity contribution in [1.29, 1.82) is 0 Å². The molecule has 0 spiro atoms. The lowest BCUT2D eigenvalue weighted by molar-refractivity contribution is -0.138. The van der Waals surface area contributed by atoms with Crippen LogP contribution in [0.25, 0.3) is 0 Å². The van der Waals surface area contributed by atoms with Crippen LogP contribution >= 0.6 is 12.4 Å². The Kier molecular flexibility index (Phi) is 45.0. The molecule has 0 aliphatic rings. The van der Waals surface area contributed by atoms with Crippen LogP contribution in [0.15, 0.2) is 0 Å².